The smallest absolute Gasteiger partial charge is 0.00986 e. The second-order valence-corrected chi connectivity index (χ2v) is 6.32. The van der Waals surface area contributed by atoms with E-state index in [2.05, 4.69) is 65.8 Å². The Morgan fingerprint density at radius 3 is 1.80 bits per heavy atom. The summed E-state index contributed by atoms with van der Waals surface area (Å²) in [6, 6.07) is 8.60. The maximum atomic E-state index is 3.92. The van der Waals surface area contributed by atoms with Gasteiger partial charge in [0.25, 0.3) is 0 Å². The van der Waals surface area contributed by atoms with Gasteiger partial charge in [-0.2, -0.15) is 0 Å². The summed E-state index contributed by atoms with van der Waals surface area (Å²) in [5, 5.41) is 0. The van der Waals surface area contributed by atoms with Crippen molar-refractivity contribution in [3.8, 4) is 0 Å². The molecule has 0 aliphatic heterocycles. The maximum Gasteiger partial charge on any atom is -0.00986 e. The van der Waals surface area contributed by atoms with E-state index in [1.807, 2.05) is 0 Å². The van der Waals surface area contributed by atoms with E-state index < -0.39 is 0 Å². The molecular weight excluding hydrogens is 180 g/mol. The molecule has 0 unspecified atom stereocenters. The molecule has 0 heteroatoms. The lowest BCUT2D eigenvalue weighted by Gasteiger charge is -2.33. The zero-order valence-electron chi connectivity index (χ0n) is 10.7. The van der Waals surface area contributed by atoms with Gasteiger partial charge in [-0.25, -0.2) is 0 Å². The molecule has 0 N–H and O–H groups in total. The highest BCUT2D eigenvalue weighted by atomic mass is 14.3. The molecule has 0 heterocycles. The molecule has 0 spiro atoms. The Bertz CT molecular complexity index is 309. The molecule has 1 aromatic carbocycles. The Balaban J connectivity index is 2.90. The van der Waals surface area contributed by atoms with E-state index in [4.69, 9.17) is 0 Å². The molecule has 83 valence electrons. The topological polar surface area (TPSA) is 0 Å². The van der Waals surface area contributed by atoms with Gasteiger partial charge in [0.05, 0.1) is 0 Å². The first-order valence-electron chi connectivity index (χ1n) is 5.63. The quantitative estimate of drug-likeness (QED) is 0.660. The van der Waals surface area contributed by atoms with E-state index in [0.29, 0.717) is 5.41 Å². The monoisotopic (exact) mass is 203 g/mol. The third-order valence-corrected chi connectivity index (χ3v) is 2.71. The maximum absolute atomic E-state index is 3.92. The van der Waals surface area contributed by atoms with Crippen molar-refractivity contribution in [3.05, 3.63) is 42.3 Å². The van der Waals surface area contributed by atoms with E-state index in [1.54, 1.807) is 0 Å². The summed E-state index contributed by atoms with van der Waals surface area (Å²) in [5.74, 6) is 0. The van der Waals surface area contributed by atoms with Crippen LogP contribution in [0, 0.1) is 12.3 Å². The van der Waals surface area contributed by atoms with Crippen LogP contribution in [0.3, 0.4) is 0 Å². The minimum atomic E-state index is 0.242. The largest absolute Gasteiger partial charge is 0.0601 e. The van der Waals surface area contributed by atoms with Gasteiger partial charge in [-0.15, -0.1) is 0 Å². The van der Waals surface area contributed by atoms with Crippen molar-refractivity contribution in [2.45, 2.75) is 46.5 Å². The summed E-state index contributed by atoms with van der Waals surface area (Å²) in [6.07, 6.45) is 1.19. The molecule has 15 heavy (non-hydrogen) atoms. The molecule has 0 saturated heterocycles. The van der Waals surface area contributed by atoms with Gasteiger partial charge in [0.2, 0.25) is 0 Å². The second-order valence-electron chi connectivity index (χ2n) is 6.32. The molecule has 0 fully saturated rings. The Kier molecular flexibility index (Phi) is 3.28. The minimum absolute atomic E-state index is 0.242. The zero-order valence-corrected chi connectivity index (χ0v) is 10.7. The predicted octanol–water partition coefficient (Wildman–Crippen LogP) is 4.58. The van der Waals surface area contributed by atoms with Gasteiger partial charge in [-0.05, 0) is 35.3 Å². The van der Waals surface area contributed by atoms with E-state index in [-0.39, 0.29) is 5.41 Å². The molecule has 1 rings (SSSR count). The van der Waals surface area contributed by atoms with Crippen LogP contribution in [0.1, 0.15) is 52.2 Å². The minimum Gasteiger partial charge on any atom is -0.0601 e. The van der Waals surface area contributed by atoms with Crippen molar-refractivity contribution in [2.75, 3.05) is 0 Å². The van der Waals surface area contributed by atoms with Crippen molar-refractivity contribution in [2.24, 2.45) is 5.41 Å². The van der Waals surface area contributed by atoms with Crippen LogP contribution in [0.15, 0.2) is 24.3 Å². The molecule has 0 aromatic heterocycles. The standard InChI is InChI=1S/C15H23/c1-12-7-9-13(10-8-12)15(5,6)11-14(2,3)4/h7-10H,1,11H2,2-6H3. The van der Waals surface area contributed by atoms with Gasteiger partial charge >= 0.3 is 0 Å². The van der Waals surface area contributed by atoms with Crippen molar-refractivity contribution >= 4 is 0 Å². The summed E-state index contributed by atoms with van der Waals surface area (Å²) in [4.78, 5) is 0. The molecule has 0 nitrogen and oxygen atoms in total. The van der Waals surface area contributed by atoms with Crippen LogP contribution in [0.5, 0.6) is 0 Å². The highest BCUT2D eigenvalue weighted by Gasteiger charge is 2.26. The lowest BCUT2D eigenvalue weighted by atomic mass is 9.72. The summed E-state index contributed by atoms with van der Waals surface area (Å²) in [6.45, 7) is 15.4. The van der Waals surface area contributed by atoms with Gasteiger partial charge < -0.3 is 0 Å². The highest BCUT2D eigenvalue weighted by molar-refractivity contribution is 5.29. The van der Waals surface area contributed by atoms with Crippen LogP contribution in [-0.4, -0.2) is 0 Å². The Morgan fingerprint density at radius 2 is 1.40 bits per heavy atom. The van der Waals surface area contributed by atoms with Gasteiger partial charge in [-0.1, -0.05) is 58.9 Å². The molecule has 0 amide bonds. The predicted molar refractivity (Wildman–Crippen MR) is 68.0 cm³/mol. The van der Waals surface area contributed by atoms with Gasteiger partial charge in [0, 0.05) is 0 Å². The fourth-order valence-electron chi connectivity index (χ4n) is 2.38. The zero-order chi connectivity index (χ0) is 11.7. The molecule has 1 radical (unpaired) electrons. The number of rotatable bonds is 2. The SMILES string of the molecule is [CH2]c1ccc(C(C)(C)CC(C)(C)C)cc1. The highest BCUT2D eigenvalue weighted by Crippen LogP contribution is 2.36. The molecule has 0 aliphatic carbocycles. The van der Waals surface area contributed by atoms with Gasteiger partial charge in [-0.3, -0.25) is 0 Å². The molecule has 0 bridgehead atoms. The first kappa shape index (κ1) is 12.3. The lowest BCUT2D eigenvalue weighted by Crippen LogP contribution is -2.24. The van der Waals surface area contributed by atoms with Gasteiger partial charge in [0.1, 0.15) is 0 Å². The van der Waals surface area contributed by atoms with Crippen molar-refractivity contribution < 1.29 is 0 Å². The van der Waals surface area contributed by atoms with Gasteiger partial charge in [0.15, 0.2) is 0 Å². The van der Waals surface area contributed by atoms with Crippen LogP contribution in [0.25, 0.3) is 0 Å². The van der Waals surface area contributed by atoms with Crippen LogP contribution < -0.4 is 0 Å². The number of hydrogen-bond acceptors (Lipinski definition) is 0. The third-order valence-electron chi connectivity index (χ3n) is 2.71. The molecule has 1 aromatic rings. The second kappa shape index (κ2) is 4.00. The van der Waals surface area contributed by atoms with E-state index in [0.717, 1.165) is 5.56 Å². The molecule has 0 aliphatic rings. The Hall–Kier alpha value is -0.780. The fourth-order valence-corrected chi connectivity index (χ4v) is 2.38. The first-order valence-corrected chi connectivity index (χ1v) is 5.63. The first-order chi connectivity index (χ1) is 6.71. The van der Waals surface area contributed by atoms with Crippen molar-refractivity contribution in [1.29, 1.82) is 0 Å². The third kappa shape index (κ3) is 3.70. The number of benzene rings is 1. The summed E-state index contributed by atoms with van der Waals surface area (Å²) < 4.78 is 0. The summed E-state index contributed by atoms with van der Waals surface area (Å²) in [5.41, 5.74) is 3.11. The van der Waals surface area contributed by atoms with Crippen LogP contribution in [0.4, 0.5) is 0 Å². The number of hydrogen-bond donors (Lipinski definition) is 0. The molecular formula is C15H23. The fraction of sp³-hybridized carbons (Fsp3) is 0.533. The van der Waals surface area contributed by atoms with E-state index in [1.165, 1.54) is 12.0 Å². The van der Waals surface area contributed by atoms with Crippen LogP contribution in [0.2, 0.25) is 0 Å². The van der Waals surface area contributed by atoms with Crippen molar-refractivity contribution in [1.82, 2.24) is 0 Å². The van der Waals surface area contributed by atoms with Crippen LogP contribution in [-0.2, 0) is 5.41 Å². The average molecular weight is 203 g/mol. The Labute approximate surface area is 94.7 Å². The van der Waals surface area contributed by atoms with Crippen molar-refractivity contribution in [3.63, 3.8) is 0 Å². The lowest BCUT2D eigenvalue weighted by molar-refractivity contribution is 0.284. The summed E-state index contributed by atoms with van der Waals surface area (Å²) in [7, 11) is 0. The van der Waals surface area contributed by atoms with Crippen LogP contribution >= 0.6 is 0 Å². The molecule has 0 saturated carbocycles. The average Bonchev–Trinajstić information content (AvgIpc) is 2.00. The van der Waals surface area contributed by atoms with E-state index >= 15 is 0 Å². The normalized spacial score (nSPS) is 12.9. The summed E-state index contributed by atoms with van der Waals surface area (Å²) >= 11 is 0. The molecule has 0 atom stereocenters. The Morgan fingerprint density at radius 1 is 0.933 bits per heavy atom. The van der Waals surface area contributed by atoms with E-state index in [9.17, 15) is 0 Å².